The maximum atomic E-state index is 14.3. The number of hydrogen-bond donors (Lipinski definition) is 0. The first-order valence-electron chi connectivity index (χ1n) is 10.00. The van der Waals surface area contributed by atoms with Crippen LogP contribution >= 0.6 is 0 Å². The SMILES string of the molecule is CC1(C)[C@@H]2CC[C@@]1(C(=O)N1CCCC1)c1nnc(-c3c(F)cccc3F)cc12. The van der Waals surface area contributed by atoms with Crippen molar-refractivity contribution in [3.8, 4) is 11.3 Å². The number of nitrogens with zero attached hydrogens (tertiary/aromatic N) is 3. The predicted molar refractivity (Wildman–Crippen MR) is 101 cm³/mol. The summed E-state index contributed by atoms with van der Waals surface area (Å²) in [6, 6.07) is 5.54. The molecular weight excluding hydrogens is 360 g/mol. The van der Waals surface area contributed by atoms with Crippen LogP contribution in [0, 0.1) is 17.0 Å². The van der Waals surface area contributed by atoms with E-state index in [1.54, 1.807) is 6.07 Å². The number of aromatic nitrogens is 2. The van der Waals surface area contributed by atoms with Crippen molar-refractivity contribution in [3.05, 3.63) is 47.2 Å². The second kappa shape index (κ2) is 5.82. The lowest BCUT2D eigenvalue weighted by Crippen LogP contribution is -2.50. The van der Waals surface area contributed by atoms with E-state index in [4.69, 9.17) is 0 Å². The molecule has 146 valence electrons. The van der Waals surface area contributed by atoms with Crippen molar-refractivity contribution in [1.82, 2.24) is 15.1 Å². The van der Waals surface area contributed by atoms with Crippen molar-refractivity contribution in [1.29, 1.82) is 0 Å². The highest BCUT2D eigenvalue weighted by atomic mass is 19.1. The molecule has 2 bridgehead atoms. The lowest BCUT2D eigenvalue weighted by molar-refractivity contribution is -0.139. The van der Waals surface area contributed by atoms with Crippen LogP contribution in [0.15, 0.2) is 24.3 Å². The van der Waals surface area contributed by atoms with Crippen LogP contribution in [0.3, 0.4) is 0 Å². The minimum absolute atomic E-state index is 0.137. The van der Waals surface area contributed by atoms with Crippen LogP contribution in [0.1, 0.15) is 56.7 Å². The van der Waals surface area contributed by atoms with Crippen molar-refractivity contribution in [2.45, 2.75) is 50.9 Å². The third kappa shape index (κ3) is 2.06. The lowest BCUT2D eigenvalue weighted by atomic mass is 9.67. The number of likely N-dealkylation sites (tertiary alicyclic amines) is 1. The Morgan fingerprint density at radius 2 is 1.82 bits per heavy atom. The van der Waals surface area contributed by atoms with Crippen LogP contribution in [0.5, 0.6) is 0 Å². The molecule has 3 aliphatic rings. The van der Waals surface area contributed by atoms with Gasteiger partial charge in [-0.05, 0) is 60.8 Å². The van der Waals surface area contributed by atoms with Crippen molar-refractivity contribution < 1.29 is 13.6 Å². The van der Waals surface area contributed by atoms with E-state index in [0.717, 1.165) is 44.3 Å². The summed E-state index contributed by atoms with van der Waals surface area (Å²) in [5.74, 6) is -1.02. The molecule has 1 aliphatic heterocycles. The summed E-state index contributed by atoms with van der Waals surface area (Å²) in [6.45, 7) is 5.85. The van der Waals surface area contributed by atoms with Crippen LogP contribution < -0.4 is 0 Å². The van der Waals surface area contributed by atoms with E-state index >= 15 is 0 Å². The highest BCUT2D eigenvalue weighted by Gasteiger charge is 2.68. The van der Waals surface area contributed by atoms with Crippen molar-refractivity contribution in [3.63, 3.8) is 0 Å². The molecule has 2 aliphatic carbocycles. The molecule has 2 heterocycles. The average Bonchev–Trinajstić information content (AvgIpc) is 3.33. The van der Waals surface area contributed by atoms with Gasteiger partial charge in [0, 0.05) is 13.1 Å². The van der Waals surface area contributed by atoms with Gasteiger partial charge in [-0.15, -0.1) is 5.10 Å². The quantitative estimate of drug-likeness (QED) is 0.781. The summed E-state index contributed by atoms with van der Waals surface area (Å²) >= 11 is 0. The monoisotopic (exact) mass is 383 g/mol. The number of carbonyl (C=O) groups is 1. The van der Waals surface area contributed by atoms with E-state index in [1.807, 2.05) is 4.90 Å². The predicted octanol–water partition coefficient (Wildman–Crippen LogP) is 4.20. The third-order valence-corrected chi connectivity index (χ3v) is 7.36. The van der Waals surface area contributed by atoms with Gasteiger partial charge in [-0.25, -0.2) is 8.78 Å². The number of carbonyl (C=O) groups excluding carboxylic acids is 1. The topological polar surface area (TPSA) is 46.1 Å². The summed E-state index contributed by atoms with van der Waals surface area (Å²) in [7, 11) is 0. The molecule has 1 saturated carbocycles. The first kappa shape index (κ1) is 17.7. The fraction of sp³-hybridized carbons (Fsp3) is 0.500. The van der Waals surface area contributed by atoms with E-state index in [-0.39, 0.29) is 28.5 Å². The van der Waals surface area contributed by atoms with E-state index in [0.29, 0.717) is 5.69 Å². The molecule has 1 aromatic carbocycles. The molecule has 6 heteroatoms. The third-order valence-electron chi connectivity index (χ3n) is 7.36. The molecule has 2 atom stereocenters. The highest BCUT2D eigenvalue weighted by molar-refractivity contribution is 5.92. The fourth-order valence-corrected chi connectivity index (χ4v) is 5.85. The van der Waals surface area contributed by atoms with Gasteiger partial charge in [0.05, 0.1) is 22.4 Å². The molecule has 0 N–H and O–H groups in total. The Balaban J connectivity index is 1.66. The molecule has 2 fully saturated rings. The molecule has 0 radical (unpaired) electrons. The lowest BCUT2D eigenvalue weighted by Gasteiger charge is -2.39. The summed E-state index contributed by atoms with van der Waals surface area (Å²) in [6.07, 6.45) is 3.71. The van der Waals surface area contributed by atoms with Crippen LogP contribution in [0.4, 0.5) is 8.78 Å². The van der Waals surface area contributed by atoms with Gasteiger partial charge < -0.3 is 4.90 Å². The Bertz CT molecular complexity index is 963. The van der Waals surface area contributed by atoms with E-state index in [2.05, 4.69) is 24.0 Å². The molecule has 28 heavy (non-hydrogen) atoms. The molecule has 0 spiro atoms. The maximum absolute atomic E-state index is 14.3. The van der Waals surface area contributed by atoms with E-state index in [9.17, 15) is 13.6 Å². The number of halogens is 2. The second-order valence-corrected chi connectivity index (χ2v) is 8.85. The maximum Gasteiger partial charge on any atom is 0.235 e. The Morgan fingerprint density at radius 3 is 2.50 bits per heavy atom. The van der Waals surface area contributed by atoms with Gasteiger partial charge in [-0.1, -0.05) is 19.9 Å². The summed E-state index contributed by atoms with van der Waals surface area (Å²) in [5, 5.41) is 8.61. The van der Waals surface area contributed by atoms with Crippen LogP contribution in [0.25, 0.3) is 11.3 Å². The smallest absolute Gasteiger partial charge is 0.235 e. The van der Waals surface area contributed by atoms with E-state index < -0.39 is 17.0 Å². The molecule has 5 rings (SSSR count). The minimum atomic E-state index is -0.684. The normalized spacial score (nSPS) is 27.3. The Morgan fingerprint density at radius 1 is 1.14 bits per heavy atom. The fourth-order valence-electron chi connectivity index (χ4n) is 5.85. The number of amides is 1. The Kier molecular flexibility index (Phi) is 3.68. The van der Waals surface area contributed by atoms with Gasteiger partial charge in [0.25, 0.3) is 0 Å². The molecule has 1 aromatic heterocycles. The molecule has 2 aromatic rings. The van der Waals surface area contributed by atoms with Gasteiger partial charge in [0.15, 0.2) is 0 Å². The van der Waals surface area contributed by atoms with Crippen LogP contribution in [-0.4, -0.2) is 34.1 Å². The van der Waals surface area contributed by atoms with Gasteiger partial charge in [0.1, 0.15) is 11.6 Å². The standard InChI is InChI=1S/C22H23F2N3O/c1-21(2)14-8-9-22(21,20(28)27-10-3-4-11-27)19-13(14)12-17(25-26-19)18-15(23)6-5-7-16(18)24/h5-7,12,14H,3-4,8-11H2,1-2H3/t14-,22+/m1/s1. The van der Waals surface area contributed by atoms with Gasteiger partial charge >= 0.3 is 0 Å². The molecule has 4 nitrogen and oxygen atoms in total. The Hall–Kier alpha value is -2.37. The van der Waals surface area contributed by atoms with Crippen molar-refractivity contribution in [2.24, 2.45) is 5.41 Å². The molecule has 1 amide bonds. The zero-order valence-corrected chi connectivity index (χ0v) is 16.1. The summed E-state index contributed by atoms with van der Waals surface area (Å²) in [5.41, 5.74) is 0.703. The molecular formula is C22H23F2N3O. The number of hydrogen-bond acceptors (Lipinski definition) is 3. The molecule has 1 saturated heterocycles. The van der Waals surface area contributed by atoms with Crippen molar-refractivity contribution in [2.75, 3.05) is 13.1 Å². The van der Waals surface area contributed by atoms with Crippen LogP contribution in [-0.2, 0) is 10.2 Å². The van der Waals surface area contributed by atoms with E-state index in [1.165, 1.54) is 18.2 Å². The highest BCUT2D eigenvalue weighted by Crippen LogP contribution is 2.68. The Labute approximate surface area is 163 Å². The number of rotatable bonds is 2. The number of benzene rings is 1. The summed E-state index contributed by atoms with van der Waals surface area (Å²) < 4.78 is 28.5. The van der Waals surface area contributed by atoms with Gasteiger partial charge in [-0.3, -0.25) is 4.79 Å². The molecule has 0 unspecified atom stereocenters. The summed E-state index contributed by atoms with van der Waals surface area (Å²) in [4.78, 5) is 15.6. The first-order valence-corrected chi connectivity index (χ1v) is 10.00. The minimum Gasteiger partial charge on any atom is -0.342 e. The first-order chi connectivity index (χ1) is 13.4. The zero-order chi connectivity index (χ0) is 19.7. The second-order valence-electron chi connectivity index (χ2n) is 8.85. The average molecular weight is 383 g/mol. The largest absolute Gasteiger partial charge is 0.342 e. The van der Waals surface area contributed by atoms with Gasteiger partial charge in [0.2, 0.25) is 5.91 Å². The number of fused-ring (bicyclic) bond motifs is 5. The van der Waals surface area contributed by atoms with Crippen molar-refractivity contribution >= 4 is 5.91 Å². The van der Waals surface area contributed by atoms with Gasteiger partial charge in [-0.2, -0.15) is 5.10 Å². The van der Waals surface area contributed by atoms with Crippen LogP contribution in [0.2, 0.25) is 0 Å². The zero-order valence-electron chi connectivity index (χ0n) is 16.1.